The van der Waals surface area contributed by atoms with E-state index in [1.807, 2.05) is 6.20 Å². The van der Waals surface area contributed by atoms with Gasteiger partial charge in [-0.2, -0.15) is 5.10 Å². The number of sulfone groups is 1. The van der Waals surface area contributed by atoms with Gasteiger partial charge in [0.25, 0.3) is 0 Å². The first-order valence-electron chi connectivity index (χ1n) is 8.11. The van der Waals surface area contributed by atoms with Crippen molar-refractivity contribution in [3.8, 4) is 22.5 Å². The van der Waals surface area contributed by atoms with Crippen LogP contribution in [0.3, 0.4) is 0 Å². The SMILES string of the molecule is CC(C)Cn1cc(-c2ccnc(S(C)(=O)=O)n2)c(-c2ccc(F)cc2)n1. The fraction of sp³-hybridized carbons (Fsp3) is 0.278. The van der Waals surface area contributed by atoms with Crippen molar-refractivity contribution in [2.75, 3.05) is 6.26 Å². The van der Waals surface area contributed by atoms with E-state index in [2.05, 4.69) is 28.9 Å². The molecule has 0 amide bonds. The Hall–Kier alpha value is -2.61. The fourth-order valence-corrected chi connectivity index (χ4v) is 3.08. The maximum Gasteiger partial charge on any atom is 0.247 e. The number of nitrogens with zero attached hydrogens (tertiary/aromatic N) is 4. The molecule has 2 heterocycles. The van der Waals surface area contributed by atoms with Crippen molar-refractivity contribution in [2.45, 2.75) is 25.5 Å². The van der Waals surface area contributed by atoms with Gasteiger partial charge in [0.2, 0.25) is 15.0 Å². The summed E-state index contributed by atoms with van der Waals surface area (Å²) >= 11 is 0. The van der Waals surface area contributed by atoms with Gasteiger partial charge < -0.3 is 0 Å². The number of rotatable bonds is 5. The lowest BCUT2D eigenvalue weighted by Gasteiger charge is -2.04. The summed E-state index contributed by atoms with van der Waals surface area (Å²) in [6.45, 7) is 4.84. The second-order valence-electron chi connectivity index (χ2n) is 6.51. The van der Waals surface area contributed by atoms with E-state index in [0.29, 0.717) is 29.4 Å². The Labute approximate surface area is 151 Å². The monoisotopic (exact) mass is 374 g/mol. The van der Waals surface area contributed by atoms with Gasteiger partial charge in [-0.05, 0) is 36.2 Å². The van der Waals surface area contributed by atoms with Crippen LogP contribution < -0.4 is 0 Å². The topological polar surface area (TPSA) is 77.7 Å². The zero-order valence-corrected chi connectivity index (χ0v) is 15.5. The first-order valence-corrected chi connectivity index (χ1v) is 10.00. The zero-order chi connectivity index (χ0) is 18.9. The number of hydrogen-bond donors (Lipinski definition) is 0. The Kier molecular flexibility index (Phi) is 4.86. The third-order valence-electron chi connectivity index (χ3n) is 3.67. The average Bonchev–Trinajstić information content (AvgIpc) is 2.98. The van der Waals surface area contributed by atoms with Crippen LogP contribution in [0.5, 0.6) is 0 Å². The van der Waals surface area contributed by atoms with Gasteiger partial charge in [0.15, 0.2) is 0 Å². The Bertz CT molecular complexity index is 1030. The van der Waals surface area contributed by atoms with Crippen LogP contribution in [0.2, 0.25) is 0 Å². The third-order valence-corrected chi connectivity index (χ3v) is 4.53. The van der Waals surface area contributed by atoms with Gasteiger partial charge in [-0.25, -0.2) is 22.8 Å². The summed E-state index contributed by atoms with van der Waals surface area (Å²) < 4.78 is 38.6. The van der Waals surface area contributed by atoms with Crippen molar-refractivity contribution in [3.05, 3.63) is 48.5 Å². The van der Waals surface area contributed by atoms with Crippen molar-refractivity contribution in [1.29, 1.82) is 0 Å². The van der Waals surface area contributed by atoms with E-state index in [4.69, 9.17) is 0 Å². The van der Waals surface area contributed by atoms with Gasteiger partial charge >= 0.3 is 0 Å². The van der Waals surface area contributed by atoms with Crippen molar-refractivity contribution in [1.82, 2.24) is 19.7 Å². The lowest BCUT2D eigenvalue weighted by molar-refractivity contribution is 0.484. The number of halogens is 1. The minimum atomic E-state index is -3.53. The fourth-order valence-electron chi connectivity index (χ4n) is 2.57. The molecule has 136 valence electrons. The second kappa shape index (κ2) is 6.95. The summed E-state index contributed by atoms with van der Waals surface area (Å²) in [7, 11) is -3.53. The molecule has 0 unspecified atom stereocenters. The van der Waals surface area contributed by atoms with Gasteiger partial charge in [0, 0.05) is 36.3 Å². The van der Waals surface area contributed by atoms with E-state index >= 15 is 0 Å². The zero-order valence-electron chi connectivity index (χ0n) is 14.7. The molecule has 0 aliphatic heterocycles. The molecule has 0 radical (unpaired) electrons. The van der Waals surface area contributed by atoms with Crippen LogP contribution in [0.4, 0.5) is 4.39 Å². The van der Waals surface area contributed by atoms with E-state index in [0.717, 1.165) is 11.8 Å². The molecule has 0 aliphatic rings. The largest absolute Gasteiger partial charge is 0.271 e. The Morgan fingerprint density at radius 1 is 1.15 bits per heavy atom. The van der Waals surface area contributed by atoms with Crippen LogP contribution in [-0.4, -0.2) is 34.4 Å². The highest BCUT2D eigenvalue weighted by atomic mass is 32.2. The molecule has 0 N–H and O–H groups in total. The van der Waals surface area contributed by atoms with Crippen molar-refractivity contribution < 1.29 is 12.8 Å². The molecule has 0 saturated carbocycles. The smallest absolute Gasteiger partial charge is 0.247 e. The lowest BCUT2D eigenvalue weighted by Crippen LogP contribution is -2.04. The molecular weight excluding hydrogens is 355 g/mol. The first-order chi connectivity index (χ1) is 12.2. The summed E-state index contributed by atoms with van der Waals surface area (Å²) in [6.07, 6.45) is 4.30. The molecule has 0 aliphatic carbocycles. The molecule has 0 saturated heterocycles. The van der Waals surface area contributed by atoms with E-state index in [1.165, 1.54) is 18.3 Å². The summed E-state index contributed by atoms with van der Waals surface area (Å²) in [5.41, 5.74) is 2.46. The summed E-state index contributed by atoms with van der Waals surface area (Å²) in [5.74, 6) is 0.0408. The molecular formula is C18H19FN4O2S. The molecule has 6 nitrogen and oxygen atoms in total. The number of aromatic nitrogens is 4. The molecule has 0 spiro atoms. The molecule has 1 aromatic carbocycles. The maximum absolute atomic E-state index is 13.3. The standard InChI is InChI=1S/C18H19FN4O2S/c1-12(2)10-23-11-15(16-8-9-20-18(21-16)26(3,24)25)17(22-23)13-4-6-14(19)7-5-13/h4-9,11-12H,10H2,1-3H3. The number of benzene rings is 1. The van der Waals surface area contributed by atoms with Crippen molar-refractivity contribution >= 4 is 9.84 Å². The molecule has 8 heteroatoms. The first kappa shape index (κ1) is 18.2. The van der Waals surface area contributed by atoms with Gasteiger partial charge in [-0.3, -0.25) is 4.68 Å². The molecule has 26 heavy (non-hydrogen) atoms. The quantitative estimate of drug-likeness (QED) is 0.641. The van der Waals surface area contributed by atoms with Crippen LogP contribution in [0.15, 0.2) is 47.9 Å². The van der Waals surface area contributed by atoms with E-state index in [-0.39, 0.29) is 11.0 Å². The van der Waals surface area contributed by atoms with Crippen LogP contribution in [-0.2, 0) is 16.4 Å². The molecule has 3 aromatic rings. The highest BCUT2D eigenvalue weighted by molar-refractivity contribution is 7.90. The van der Waals surface area contributed by atoms with E-state index in [1.54, 1.807) is 22.9 Å². The van der Waals surface area contributed by atoms with Crippen LogP contribution in [0.25, 0.3) is 22.5 Å². The highest BCUT2D eigenvalue weighted by Gasteiger charge is 2.18. The summed E-state index contributed by atoms with van der Waals surface area (Å²) in [4.78, 5) is 8.01. The predicted octanol–water partition coefficient (Wildman–Crippen LogP) is 3.21. The Morgan fingerprint density at radius 2 is 1.85 bits per heavy atom. The van der Waals surface area contributed by atoms with Crippen molar-refractivity contribution in [3.63, 3.8) is 0 Å². The van der Waals surface area contributed by atoms with Crippen LogP contribution in [0.1, 0.15) is 13.8 Å². The molecule has 0 fully saturated rings. The highest BCUT2D eigenvalue weighted by Crippen LogP contribution is 2.30. The van der Waals surface area contributed by atoms with Gasteiger partial charge in [0.05, 0.1) is 5.69 Å². The van der Waals surface area contributed by atoms with Crippen LogP contribution >= 0.6 is 0 Å². The minimum Gasteiger partial charge on any atom is -0.271 e. The third kappa shape index (κ3) is 3.96. The van der Waals surface area contributed by atoms with Crippen molar-refractivity contribution in [2.24, 2.45) is 5.92 Å². The summed E-state index contributed by atoms with van der Waals surface area (Å²) in [6, 6.07) is 7.64. The van der Waals surface area contributed by atoms with Crippen LogP contribution in [0, 0.1) is 11.7 Å². The molecule has 2 aromatic heterocycles. The van der Waals surface area contributed by atoms with E-state index in [9.17, 15) is 12.8 Å². The van der Waals surface area contributed by atoms with Gasteiger partial charge in [-0.15, -0.1) is 0 Å². The van der Waals surface area contributed by atoms with E-state index < -0.39 is 9.84 Å². The van der Waals surface area contributed by atoms with Gasteiger partial charge in [0.1, 0.15) is 11.5 Å². The summed E-state index contributed by atoms with van der Waals surface area (Å²) in [5, 5.41) is 4.36. The maximum atomic E-state index is 13.3. The Balaban J connectivity index is 2.16. The lowest BCUT2D eigenvalue weighted by atomic mass is 10.1. The predicted molar refractivity (Wildman–Crippen MR) is 96.6 cm³/mol. The molecule has 0 bridgehead atoms. The minimum absolute atomic E-state index is 0.239. The second-order valence-corrected chi connectivity index (χ2v) is 8.42. The molecule has 0 atom stereocenters. The molecule has 3 rings (SSSR count). The average molecular weight is 374 g/mol. The Morgan fingerprint density at radius 3 is 2.46 bits per heavy atom. The normalized spacial score (nSPS) is 11.9. The van der Waals surface area contributed by atoms with Gasteiger partial charge in [-0.1, -0.05) is 13.8 Å². The number of hydrogen-bond acceptors (Lipinski definition) is 5.